The molecule has 0 radical (unpaired) electrons. The Bertz CT molecular complexity index is 2050. The molecule has 0 bridgehead atoms. The third-order valence-corrected chi connectivity index (χ3v) is 13.1. The van der Waals surface area contributed by atoms with Crippen LogP contribution in [0.3, 0.4) is 0 Å². The standard InChI is InChI=1S/C36H48Cl2N8O13S2/c1-59-23-3-2-21(25(37)16-23)14-30(48)42-22-15-27(46(18-22)34(54)24-17-28(38)60-36(24)61(39,57)58)33(53)41-7-6-40-29(47)5-4-26(35(55)56)45-12-10-43(19-31(49)50)8-9-44(11-13-45)20-32(51)52/h2-3,16-17,22,26-27H,4-15,18-20H2,1H3,(H,40,47)(H,41,53)(H,42,48)(H,49,50)(H,51,52)(H,55,56)(H2,39,57,58)/t22-,26?,27-/m1/s1. The van der Waals surface area contributed by atoms with Crippen molar-refractivity contribution in [1.82, 2.24) is 35.6 Å². The predicted octanol–water partition coefficient (Wildman–Crippen LogP) is -0.792. The van der Waals surface area contributed by atoms with Crippen molar-refractivity contribution >= 4 is 86.1 Å². The van der Waals surface area contributed by atoms with Gasteiger partial charge in [0.1, 0.15) is 22.0 Å². The van der Waals surface area contributed by atoms with Crippen molar-refractivity contribution in [3.05, 3.63) is 44.8 Å². The predicted molar refractivity (Wildman–Crippen MR) is 220 cm³/mol. The van der Waals surface area contributed by atoms with Crippen molar-refractivity contribution in [2.24, 2.45) is 5.14 Å². The van der Waals surface area contributed by atoms with Gasteiger partial charge in [-0.1, -0.05) is 29.3 Å². The number of sulfonamides is 1. The number of carbonyl (C=O) groups excluding carboxylic acids is 4. The molecule has 2 aliphatic rings. The van der Waals surface area contributed by atoms with Crippen molar-refractivity contribution in [2.75, 3.05) is 79.1 Å². The number of carboxylic acids is 3. The molecule has 0 spiro atoms. The third-order valence-electron chi connectivity index (χ3n) is 9.97. The number of amides is 4. The first-order valence-corrected chi connectivity index (χ1v) is 22.0. The van der Waals surface area contributed by atoms with Crippen LogP contribution in [0.4, 0.5) is 0 Å². The van der Waals surface area contributed by atoms with Crippen LogP contribution >= 0.6 is 34.5 Å². The zero-order valence-corrected chi connectivity index (χ0v) is 36.2. The SMILES string of the molecule is COc1ccc(CC(=O)N[C@@H]2C[C@H](C(=O)NCCNC(=O)CCC(C(=O)O)N3CCN(CC(=O)O)CCN(CC(=O)O)CC3)N(C(=O)c3cc(Cl)sc3S(N)(=O)=O)C2)c(Cl)c1. The number of rotatable bonds is 19. The number of hydrogen-bond acceptors (Lipinski definition) is 14. The van der Waals surface area contributed by atoms with Gasteiger partial charge in [0, 0.05) is 76.4 Å². The lowest BCUT2D eigenvalue weighted by Crippen LogP contribution is -2.48. The van der Waals surface area contributed by atoms with Crippen molar-refractivity contribution in [3.63, 3.8) is 0 Å². The molecule has 4 amide bonds. The van der Waals surface area contributed by atoms with Gasteiger partial charge >= 0.3 is 17.9 Å². The quantitative estimate of drug-likeness (QED) is 0.0850. The monoisotopic (exact) mass is 934 g/mol. The number of thiophene rings is 1. The smallest absolute Gasteiger partial charge is 0.320 e. The second-order valence-corrected chi connectivity index (χ2v) is 18.2. The zero-order valence-electron chi connectivity index (χ0n) is 33.0. The molecule has 2 aliphatic heterocycles. The summed E-state index contributed by atoms with van der Waals surface area (Å²) in [4.78, 5) is 94.4. The summed E-state index contributed by atoms with van der Waals surface area (Å²) < 4.78 is 29.2. The maximum absolute atomic E-state index is 13.8. The number of carboxylic acid groups (broad SMARTS) is 3. The normalized spacial score (nSPS) is 18.6. The molecule has 1 unspecified atom stereocenters. The zero-order chi connectivity index (χ0) is 45.0. The van der Waals surface area contributed by atoms with Crippen LogP contribution in [-0.4, -0.2) is 182 Å². The van der Waals surface area contributed by atoms with E-state index >= 15 is 0 Å². The summed E-state index contributed by atoms with van der Waals surface area (Å²) in [6.45, 7) is 0.192. The summed E-state index contributed by atoms with van der Waals surface area (Å²) in [5.41, 5.74) is 0.147. The minimum Gasteiger partial charge on any atom is -0.497 e. The molecule has 3 atom stereocenters. The maximum Gasteiger partial charge on any atom is 0.320 e. The van der Waals surface area contributed by atoms with Gasteiger partial charge in [-0.2, -0.15) is 0 Å². The Labute approximate surface area is 365 Å². The highest BCUT2D eigenvalue weighted by atomic mass is 35.5. The molecule has 1 aromatic carbocycles. The molecule has 61 heavy (non-hydrogen) atoms. The number of ether oxygens (including phenoxy) is 1. The Morgan fingerprint density at radius 2 is 1.51 bits per heavy atom. The average molecular weight is 936 g/mol. The minimum atomic E-state index is -4.39. The second-order valence-electron chi connectivity index (χ2n) is 14.3. The number of primary sulfonamides is 1. The average Bonchev–Trinajstić information content (AvgIpc) is 3.81. The number of likely N-dealkylation sites (tertiary alicyclic amines) is 1. The van der Waals surface area contributed by atoms with Crippen molar-refractivity contribution in [2.45, 2.75) is 48.0 Å². The summed E-state index contributed by atoms with van der Waals surface area (Å²) in [6.07, 6.45) is -0.566. The number of nitrogens with zero attached hydrogens (tertiary/aromatic N) is 4. The Balaban J connectivity index is 1.37. The molecule has 3 heterocycles. The van der Waals surface area contributed by atoms with E-state index < -0.39 is 73.9 Å². The van der Waals surface area contributed by atoms with E-state index in [4.69, 9.17) is 33.1 Å². The molecular weight excluding hydrogens is 887 g/mol. The van der Waals surface area contributed by atoms with E-state index in [1.807, 2.05) is 0 Å². The number of hydrogen-bond donors (Lipinski definition) is 7. The van der Waals surface area contributed by atoms with Gasteiger partial charge in [-0.3, -0.25) is 48.3 Å². The summed E-state index contributed by atoms with van der Waals surface area (Å²) in [7, 11) is -2.92. The Morgan fingerprint density at radius 1 is 0.902 bits per heavy atom. The highest BCUT2D eigenvalue weighted by Gasteiger charge is 2.42. The van der Waals surface area contributed by atoms with Crippen LogP contribution in [0.25, 0.3) is 0 Å². The van der Waals surface area contributed by atoms with E-state index in [1.54, 1.807) is 32.9 Å². The summed E-state index contributed by atoms with van der Waals surface area (Å²) in [6, 6.07) is 2.82. The molecule has 1 aromatic heterocycles. The number of methoxy groups -OCH3 is 1. The van der Waals surface area contributed by atoms with E-state index in [1.165, 1.54) is 7.11 Å². The van der Waals surface area contributed by atoms with Crippen LogP contribution in [0.1, 0.15) is 35.2 Å². The van der Waals surface area contributed by atoms with E-state index in [9.17, 15) is 57.3 Å². The van der Waals surface area contributed by atoms with Crippen LogP contribution in [0.2, 0.25) is 9.36 Å². The number of nitrogens with two attached hydrogens (primary N) is 1. The first-order valence-electron chi connectivity index (χ1n) is 18.9. The molecule has 0 aliphatic carbocycles. The van der Waals surface area contributed by atoms with E-state index in [0.717, 1.165) is 11.0 Å². The van der Waals surface area contributed by atoms with Crippen LogP contribution < -0.4 is 25.8 Å². The number of aliphatic carboxylic acids is 3. The maximum atomic E-state index is 13.8. The van der Waals surface area contributed by atoms with E-state index in [2.05, 4.69) is 16.0 Å². The fraction of sp³-hybridized carbons (Fsp3) is 0.528. The van der Waals surface area contributed by atoms with Gasteiger partial charge in [-0.25, -0.2) is 13.6 Å². The lowest BCUT2D eigenvalue weighted by Gasteiger charge is -2.30. The van der Waals surface area contributed by atoms with Crippen LogP contribution in [0.15, 0.2) is 28.5 Å². The van der Waals surface area contributed by atoms with Crippen LogP contribution in [0.5, 0.6) is 5.75 Å². The van der Waals surface area contributed by atoms with Gasteiger partial charge < -0.3 is 40.9 Å². The largest absolute Gasteiger partial charge is 0.497 e. The number of halogens is 2. The number of benzene rings is 1. The Morgan fingerprint density at radius 3 is 2.07 bits per heavy atom. The molecule has 2 aromatic rings. The lowest BCUT2D eigenvalue weighted by atomic mass is 10.1. The van der Waals surface area contributed by atoms with Crippen molar-refractivity contribution in [3.8, 4) is 5.75 Å². The second kappa shape index (κ2) is 22.5. The van der Waals surface area contributed by atoms with Gasteiger partial charge in [-0.05, 0) is 36.6 Å². The van der Waals surface area contributed by atoms with Gasteiger partial charge in [0.05, 0.1) is 36.5 Å². The fourth-order valence-electron chi connectivity index (χ4n) is 7.02. The molecule has 4 rings (SSSR count). The van der Waals surface area contributed by atoms with Gasteiger partial charge in [-0.15, -0.1) is 11.3 Å². The highest BCUT2D eigenvalue weighted by Crippen LogP contribution is 2.33. The van der Waals surface area contributed by atoms with Gasteiger partial charge in [0.2, 0.25) is 27.7 Å². The topological polar surface area (TPSA) is 299 Å². The summed E-state index contributed by atoms with van der Waals surface area (Å²) in [5, 5.41) is 42.4. The Hall–Kier alpha value is -4.62. The van der Waals surface area contributed by atoms with Crippen molar-refractivity contribution < 1.29 is 62.0 Å². The lowest BCUT2D eigenvalue weighted by molar-refractivity contribution is -0.144. The van der Waals surface area contributed by atoms with Gasteiger partial charge in [0.15, 0.2) is 0 Å². The first kappa shape index (κ1) is 49.0. The third kappa shape index (κ3) is 14.8. The molecular formula is C36H48Cl2N8O13S2. The fourth-order valence-corrected chi connectivity index (χ4v) is 9.53. The Kier molecular flexibility index (Phi) is 18.1. The molecule has 2 fully saturated rings. The van der Waals surface area contributed by atoms with E-state index in [0.29, 0.717) is 22.6 Å². The molecule has 21 nitrogen and oxygen atoms in total. The molecule has 0 saturated carbocycles. The number of nitrogens with one attached hydrogen (secondary N) is 3. The molecule has 25 heteroatoms. The first-order chi connectivity index (χ1) is 28.7. The molecule has 336 valence electrons. The van der Waals surface area contributed by atoms with Crippen LogP contribution in [0, 0.1) is 0 Å². The summed E-state index contributed by atoms with van der Waals surface area (Å²) >= 11 is 12.9. The van der Waals surface area contributed by atoms with Crippen molar-refractivity contribution in [1.29, 1.82) is 0 Å². The number of carbonyl (C=O) groups is 7. The highest BCUT2D eigenvalue weighted by molar-refractivity contribution is 7.91. The molecule has 8 N–H and O–H groups in total. The van der Waals surface area contributed by atoms with E-state index in [-0.39, 0.29) is 113 Å². The van der Waals surface area contributed by atoms with Gasteiger partial charge in [0.25, 0.3) is 5.91 Å². The van der Waals surface area contributed by atoms with Crippen LogP contribution in [-0.2, 0) is 45.2 Å². The summed E-state index contributed by atoms with van der Waals surface area (Å²) in [5.74, 6) is -5.46. The minimum absolute atomic E-state index is 0.0405. The molecule has 2 saturated heterocycles.